The average Bonchev–Trinajstić information content (AvgIpc) is 2.74. The predicted molar refractivity (Wildman–Crippen MR) is 69.6 cm³/mol. The minimum atomic E-state index is -4.02. The lowest BCUT2D eigenvalue weighted by Crippen LogP contribution is -2.44. The van der Waals surface area contributed by atoms with Crippen molar-refractivity contribution >= 4 is 25.8 Å². The molecule has 0 aromatic heterocycles. The highest BCUT2D eigenvalue weighted by Crippen LogP contribution is 2.26. The number of nitrogens with zero attached hydrogens (tertiary/aromatic N) is 1. The van der Waals surface area contributed by atoms with Crippen LogP contribution in [0, 0.1) is 0 Å². The monoisotopic (exact) mass is 313 g/mol. The molecule has 0 heterocycles. The third-order valence-corrected chi connectivity index (χ3v) is 7.01. The minimum absolute atomic E-state index is 0.314. The number of carbonyl (C=O) groups is 1. The summed E-state index contributed by atoms with van der Waals surface area (Å²) >= 11 is 0. The molecular weight excluding hydrogens is 294 g/mol. The van der Waals surface area contributed by atoms with Crippen LogP contribution >= 0.6 is 0 Å². The number of hydrogen-bond acceptors (Lipinski definition) is 6. The van der Waals surface area contributed by atoms with Gasteiger partial charge in [0, 0.05) is 12.3 Å². The average molecular weight is 313 g/mol. The molecule has 0 N–H and O–H groups in total. The molecule has 9 heteroatoms. The second-order valence-corrected chi connectivity index (χ2v) is 9.14. The van der Waals surface area contributed by atoms with E-state index in [1.54, 1.807) is 0 Å². The lowest BCUT2D eigenvalue weighted by Gasteiger charge is -2.26. The quantitative estimate of drug-likeness (QED) is 0.626. The van der Waals surface area contributed by atoms with Crippen LogP contribution < -0.4 is 0 Å². The van der Waals surface area contributed by atoms with Crippen molar-refractivity contribution in [1.29, 1.82) is 0 Å². The molecule has 1 aliphatic carbocycles. The Hall–Kier alpha value is -0.670. The highest BCUT2D eigenvalue weighted by atomic mass is 32.3. The van der Waals surface area contributed by atoms with Crippen molar-refractivity contribution in [3.63, 3.8) is 0 Å². The van der Waals surface area contributed by atoms with Gasteiger partial charge in [-0.25, -0.2) is 16.8 Å². The molecule has 0 amide bonds. The van der Waals surface area contributed by atoms with Crippen LogP contribution in [-0.2, 0) is 29.4 Å². The lowest BCUT2D eigenvalue weighted by molar-refractivity contribution is -0.141. The van der Waals surface area contributed by atoms with Crippen molar-refractivity contribution in [3.05, 3.63) is 0 Å². The van der Waals surface area contributed by atoms with E-state index in [-0.39, 0.29) is 6.04 Å². The molecule has 112 valence electrons. The van der Waals surface area contributed by atoms with Gasteiger partial charge in [-0.15, -0.1) is 0 Å². The molecule has 0 aromatic carbocycles. The van der Waals surface area contributed by atoms with Crippen molar-refractivity contribution in [3.8, 4) is 0 Å². The van der Waals surface area contributed by atoms with E-state index in [0.717, 1.165) is 23.4 Å². The summed E-state index contributed by atoms with van der Waals surface area (Å²) in [5, 5.41) is -0.979. The molecule has 0 spiro atoms. The van der Waals surface area contributed by atoms with Gasteiger partial charge >= 0.3 is 5.97 Å². The molecule has 0 unspecified atom stereocenters. The van der Waals surface area contributed by atoms with E-state index in [2.05, 4.69) is 4.74 Å². The van der Waals surface area contributed by atoms with Gasteiger partial charge in [-0.3, -0.25) is 4.79 Å². The lowest BCUT2D eigenvalue weighted by atomic mass is 10.2. The SMILES string of the molecule is COC(=O)CN(C1CCCC1)S(=O)(=O)CS(C)(=O)=O. The van der Waals surface area contributed by atoms with Gasteiger partial charge in [0.2, 0.25) is 10.0 Å². The second-order valence-electron chi connectivity index (χ2n) is 4.72. The van der Waals surface area contributed by atoms with Gasteiger partial charge in [-0.1, -0.05) is 12.8 Å². The first-order valence-corrected chi connectivity index (χ1v) is 9.57. The van der Waals surface area contributed by atoms with E-state index in [0.29, 0.717) is 12.8 Å². The van der Waals surface area contributed by atoms with Crippen LogP contribution in [0.15, 0.2) is 0 Å². The van der Waals surface area contributed by atoms with Crippen LogP contribution in [0.25, 0.3) is 0 Å². The van der Waals surface area contributed by atoms with E-state index in [9.17, 15) is 21.6 Å². The summed E-state index contributed by atoms with van der Waals surface area (Å²) in [5.74, 6) is -0.691. The predicted octanol–water partition coefficient (Wildman–Crippen LogP) is -0.264. The highest BCUT2D eigenvalue weighted by molar-refractivity contribution is 8.06. The first-order valence-electron chi connectivity index (χ1n) is 5.90. The normalized spacial score (nSPS) is 17.8. The number of esters is 1. The van der Waals surface area contributed by atoms with Crippen LogP contribution in [0.1, 0.15) is 25.7 Å². The summed E-state index contributed by atoms with van der Waals surface area (Å²) in [6.45, 7) is -0.432. The fourth-order valence-electron chi connectivity index (χ4n) is 2.18. The topological polar surface area (TPSA) is 97.8 Å². The van der Waals surface area contributed by atoms with Crippen LogP contribution in [-0.4, -0.2) is 58.1 Å². The summed E-state index contributed by atoms with van der Waals surface area (Å²) in [4.78, 5) is 11.3. The zero-order valence-electron chi connectivity index (χ0n) is 11.0. The Labute approximate surface area is 113 Å². The molecule has 0 aliphatic heterocycles. The van der Waals surface area contributed by atoms with Gasteiger partial charge in [0.25, 0.3) is 0 Å². The Morgan fingerprint density at radius 3 is 2.16 bits per heavy atom. The maximum atomic E-state index is 12.1. The first-order chi connectivity index (χ1) is 8.65. The van der Waals surface area contributed by atoms with Gasteiger partial charge in [0.1, 0.15) is 6.54 Å². The maximum absolute atomic E-state index is 12.1. The number of rotatable bonds is 6. The van der Waals surface area contributed by atoms with Gasteiger partial charge in [-0.2, -0.15) is 4.31 Å². The Morgan fingerprint density at radius 1 is 1.21 bits per heavy atom. The minimum Gasteiger partial charge on any atom is -0.468 e. The molecule has 0 atom stereocenters. The molecule has 19 heavy (non-hydrogen) atoms. The molecule has 7 nitrogen and oxygen atoms in total. The van der Waals surface area contributed by atoms with Crippen LogP contribution in [0.3, 0.4) is 0 Å². The van der Waals surface area contributed by atoms with Crippen LogP contribution in [0.4, 0.5) is 0 Å². The van der Waals surface area contributed by atoms with E-state index in [4.69, 9.17) is 0 Å². The molecular formula is C10H19NO6S2. The van der Waals surface area contributed by atoms with Crippen LogP contribution in [0.5, 0.6) is 0 Å². The third-order valence-electron chi connectivity index (χ3n) is 2.96. The van der Waals surface area contributed by atoms with Crippen molar-refractivity contribution in [2.75, 3.05) is 25.0 Å². The summed E-state index contributed by atoms with van der Waals surface area (Å²) < 4.78 is 52.1. The molecule has 0 aromatic rings. The van der Waals surface area contributed by atoms with E-state index >= 15 is 0 Å². The number of methoxy groups -OCH3 is 1. The Bertz CT molecular complexity index is 518. The van der Waals surface area contributed by atoms with Crippen molar-refractivity contribution < 1.29 is 26.4 Å². The molecule has 0 radical (unpaired) electrons. The third kappa shape index (κ3) is 5.07. The number of hydrogen-bond donors (Lipinski definition) is 0. The standard InChI is InChI=1S/C10H19NO6S2/c1-17-10(12)7-11(9-5-3-4-6-9)19(15,16)8-18(2,13)14/h9H,3-8H2,1-2H3. The van der Waals surface area contributed by atoms with E-state index in [1.807, 2.05) is 0 Å². The number of carbonyl (C=O) groups excluding carboxylic acids is 1. The van der Waals surface area contributed by atoms with E-state index < -0.39 is 37.5 Å². The molecule has 1 rings (SSSR count). The fourth-order valence-corrected chi connectivity index (χ4v) is 5.85. The second kappa shape index (κ2) is 6.19. The summed E-state index contributed by atoms with van der Waals surface area (Å²) in [5.41, 5.74) is 0. The maximum Gasteiger partial charge on any atom is 0.321 e. The molecule has 1 fully saturated rings. The Balaban J connectivity index is 2.97. The van der Waals surface area contributed by atoms with Gasteiger partial charge < -0.3 is 4.74 Å². The summed E-state index contributed by atoms with van der Waals surface area (Å²) in [6.07, 6.45) is 3.88. The smallest absolute Gasteiger partial charge is 0.321 e. The van der Waals surface area contributed by atoms with Crippen molar-refractivity contribution in [1.82, 2.24) is 4.31 Å². The molecule has 0 bridgehead atoms. The molecule has 1 saturated carbocycles. The first kappa shape index (κ1) is 16.4. The number of ether oxygens (including phenoxy) is 1. The summed E-state index contributed by atoms with van der Waals surface area (Å²) in [6, 6.07) is -0.314. The number of sulfone groups is 1. The highest BCUT2D eigenvalue weighted by Gasteiger charge is 2.35. The zero-order chi connectivity index (χ0) is 14.7. The van der Waals surface area contributed by atoms with Crippen molar-refractivity contribution in [2.24, 2.45) is 0 Å². The fraction of sp³-hybridized carbons (Fsp3) is 0.900. The van der Waals surface area contributed by atoms with Gasteiger partial charge in [0.15, 0.2) is 14.9 Å². The largest absolute Gasteiger partial charge is 0.468 e. The van der Waals surface area contributed by atoms with Crippen molar-refractivity contribution in [2.45, 2.75) is 31.7 Å². The van der Waals surface area contributed by atoms with Crippen LogP contribution in [0.2, 0.25) is 0 Å². The number of sulfonamides is 1. The molecule has 0 saturated heterocycles. The Kier molecular flexibility index (Phi) is 5.34. The van der Waals surface area contributed by atoms with Gasteiger partial charge in [-0.05, 0) is 12.8 Å². The zero-order valence-corrected chi connectivity index (χ0v) is 12.7. The Morgan fingerprint density at radius 2 is 1.74 bits per heavy atom. The summed E-state index contributed by atoms with van der Waals surface area (Å²) in [7, 11) is -6.54. The van der Waals surface area contributed by atoms with Gasteiger partial charge in [0.05, 0.1) is 7.11 Å². The molecule has 1 aliphatic rings. The van der Waals surface area contributed by atoms with E-state index in [1.165, 1.54) is 7.11 Å².